The van der Waals surface area contributed by atoms with E-state index in [1.165, 1.54) is 18.1 Å². The van der Waals surface area contributed by atoms with Crippen LogP contribution in [-0.4, -0.2) is 112 Å². The van der Waals surface area contributed by atoms with Crippen LogP contribution < -0.4 is 31.7 Å². The predicted octanol–water partition coefficient (Wildman–Crippen LogP) is 4.10. The van der Waals surface area contributed by atoms with Crippen LogP contribution in [0.4, 0.5) is 5.69 Å². The Bertz CT molecular complexity index is 2230. The van der Waals surface area contributed by atoms with E-state index >= 15 is 4.79 Å². The molecule has 3 aliphatic rings. The third-order valence-electron chi connectivity index (χ3n) is 13.1. The van der Waals surface area contributed by atoms with E-state index in [1.54, 1.807) is 51.1 Å². The Hall–Kier alpha value is -6.86. The third-order valence-corrected chi connectivity index (χ3v) is 13.1. The van der Waals surface area contributed by atoms with Crippen molar-refractivity contribution in [1.29, 1.82) is 0 Å². The van der Waals surface area contributed by atoms with Gasteiger partial charge in [0, 0.05) is 24.6 Å². The second-order valence-corrected chi connectivity index (χ2v) is 19.1. The fraction of sp³-hybridized carbons (Fsp3) is 0.551. The highest BCUT2D eigenvalue weighted by atomic mass is 16.6. The zero-order chi connectivity index (χ0) is 50.4. The summed E-state index contributed by atoms with van der Waals surface area (Å²) >= 11 is 0. The van der Waals surface area contributed by atoms with Gasteiger partial charge in [-0.05, 0) is 74.0 Å². The number of nitro benzene ring substituents is 1. The lowest BCUT2D eigenvalue weighted by Crippen LogP contribution is -2.62. The van der Waals surface area contributed by atoms with E-state index < -0.39 is 111 Å². The highest BCUT2D eigenvalue weighted by Gasteiger charge is 2.47. The van der Waals surface area contributed by atoms with E-state index in [-0.39, 0.29) is 37.6 Å². The summed E-state index contributed by atoms with van der Waals surface area (Å²) in [6.45, 7) is 4.96. The summed E-state index contributed by atoms with van der Waals surface area (Å²) in [6, 6.07) is 5.42. The molecule has 0 spiro atoms. The topological polar surface area (TPSA) is 296 Å². The van der Waals surface area contributed by atoms with E-state index in [2.05, 4.69) is 26.0 Å². The molecule has 0 radical (unpaired) electrons. The first kappa shape index (κ1) is 53.1. The number of para-hydroxylation sites is 1. The number of aromatic carboxylic acids is 1. The quantitative estimate of drug-likeness (QED) is 0.0472. The van der Waals surface area contributed by atoms with E-state index in [9.17, 15) is 48.8 Å². The summed E-state index contributed by atoms with van der Waals surface area (Å²) in [7, 11) is 1.17. The van der Waals surface area contributed by atoms with Crippen molar-refractivity contribution in [3.8, 4) is 5.75 Å². The minimum absolute atomic E-state index is 0.00856. The normalized spacial score (nSPS) is 19.6. The summed E-state index contributed by atoms with van der Waals surface area (Å²) in [5.74, 6) is -6.69. The first-order valence-corrected chi connectivity index (χ1v) is 23.6. The van der Waals surface area contributed by atoms with Crippen molar-refractivity contribution in [2.45, 2.75) is 141 Å². The van der Waals surface area contributed by atoms with E-state index in [1.807, 2.05) is 0 Å². The van der Waals surface area contributed by atoms with Gasteiger partial charge in [0.15, 0.2) is 0 Å². The molecule has 1 heterocycles. The number of likely N-dealkylation sites (tertiary alicyclic amines) is 1. The maximum atomic E-state index is 15.1. The number of carboxylic acid groups (broad SMARTS) is 1. The molecule has 20 heteroatoms. The van der Waals surface area contributed by atoms with Gasteiger partial charge in [-0.2, -0.15) is 0 Å². The molecular weight excluding hydrogens is 895 g/mol. The monoisotopic (exact) mass is 959 g/mol. The molecule has 3 fully saturated rings. The summed E-state index contributed by atoms with van der Waals surface area (Å²) in [6.07, 6.45) is 9.84. The zero-order valence-corrected chi connectivity index (χ0v) is 39.6. The van der Waals surface area contributed by atoms with Gasteiger partial charge in [-0.1, -0.05) is 83.6 Å². The lowest BCUT2D eigenvalue weighted by atomic mass is 9.81. The highest BCUT2D eigenvalue weighted by Crippen LogP contribution is 2.32. The van der Waals surface area contributed by atoms with Gasteiger partial charge in [-0.3, -0.25) is 38.9 Å². The lowest BCUT2D eigenvalue weighted by molar-refractivity contribution is -0.384. The summed E-state index contributed by atoms with van der Waals surface area (Å²) in [5.41, 5.74) is 3.06. The predicted molar refractivity (Wildman–Crippen MR) is 250 cm³/mol. The fourth-order valence-electron chi connectivity index (χ4n) is 9.41. The van der Waals surface area contributed by atoms with Crippen molar-refractivity contribution in [1.82, 2.24) is 26.2 Å². The molecule has 69 heavy (non-hydrogen) atoms. The van der Waals surface area contributed by atoms with Crippen molar-refractivity contribution >= 4 is 53.1 Å². The molecule has 1 saturated heterocycles. The summed E-state index contributed by atoms with van der Waals surface area (Å²) < 4.78 is 10.9. The standard InChI is InChI=1S/C49H65N7O13/c1-49(2,3)41(54-44(60)36(22-14-15-23-38(57)68-4)51-43(59)34-25-24-31(56(66)67)26-35(34)48(64)65)47(63)55-28-33(69-32-20-12-7-13-21-32)27-37(55)45(61)53-40(30-18-10-6-11-19-30)46(62)52-39(42(50)58)29-16-8-5-9-17-29/h7,12-13,15,20-21,23-26,29-30,33,36-37,39-41H,5-6,8-11,14,16-19,22,27-28H2,1-4H3,(H2,50,58)(H,51,59)(H,52,62)(H,53,61)(H,54,60)(H,64,65)/b23-15+/t33-,36-,37-,39-,40-,41+/m0/s1. The van der Waals surface area contributed by atoms with Crippen LogP contribution in [0.3, 0.4) is 0 Å². The van der Waals surface area contributed by atoms with Crippen LogP contribution in [0.15, 0.2) is 60.7 Å². The number of methoxy groups -OCH3 is 1. The number of nitro groups is 1. The van der Waals surface area contributed by atoms with Crippen LogP contribution in [-0.2, 0) is 33.5 Å². The molecular formula is C49H65N7O13. The Morgan fingerprint density at radius 1 is 0.841 bits per heavy atom. The molecule has 7 N–H and O–H groups in total. The number of esters is 1. The molecule has 374 valence electrons. The highest BCUT2D eigenvalue weighted by molar-refractivity contribution is 6.06. The molecule has 6 amide bonds. The van der Waals surface area contributed by atoms with Crippen molar-refractivity contribution in [3.63, 3.8) is 0 Å². The molecule has 5 rings (SSSR count). The molecule has 6 atom stereocenters. The number of allylic oxidation sites excluding steroid dienone is 1. The maximum Gasteiger partial charge on any atom is 0.336 e. The average Bonchev–Trinajstić information content (AvgIpc) is 3.75. The molecule has 2 aromatic carbocycles. The van der Waals surface area contributed by atoms with E-state index in [4.69, 9.17) is 10.5 Å². The van der Waals surface area contributed by atoms with Gasteiger partial charge in [0.2, 0.25) is 29.5 Å². The number of nitrogens with two attached hydrogens (primary N) is 1. The summed E-state index contributed by atoms with van der Waals surface area (Å²) in [4.78, 5) is 121. The fourth-order valence-corrected chi connectivity index (χ4v) is 9.41. The smallest absolute Gasteiger partial charge is 0.336 e. The number of nitrogens with one attached hydrogen (secondary N) is 4. The molecule has 0 unspecified atom stereocenters. The Balaban J connectivity index is 1.45. The van der Waals surface area contributed by atoms with Crippen LogP contribution >= 0.6 is 0 Å². The molecule has 2 aromatic rings. The van der Waals surface area contributed by atoms with Crippen molar-refractivity contribution in [2.75, 3.05) is 13.7 Å². The van der Waals surface area contributed by atoms with Crippen LogP contribution in [0.2, 0.25) is 0 Å². The van der Waals surface area contributed by atoms with Gasteiger partial charge < -0.3 is 46.5 Å². The number of ether oxygens (including phenoxy) is 2. The maximum absolute atomic E-state index is 15.1. The second-order valence-electron chi connectivity index (χ2n) is 19.1. The third kappa shape index (κ3) is 14.6. The Labute approximate surface area is 401 Å². The lowest BCUT2D eigenvalue weighted by Gasteiger charge is -2.37. The number of benzene rings is 2. The van der Waals surface area contributed by atoms with Crippen LogP contribution in [0.5, 0.6) is 5.75 Å². The number of hydrogen-bond acceptors (Lipinski definition) is 12. The summed E-state index contributed by atoms with van der Waals surface area (Å²) in [5, 5.41) is 32.4. The number of non-ortho nitro benzene ring substituents is 1. The number of nitrogens with zero attached hydrogens (tertiary/aromatic N) is 2. The van der Waals surface area contributed by atoms with Gasteiger partial charge in [-0.25, -0.2) is 9.59 Å². The SMILES string of the molecule is COC(=O)/C=C/CC[C@H](NC(=O)c1ccc([N+](=O)[O-])cc1C(=O)O)C(=O)N[C@H](C(=O)N1C[C@@H](Oc2ccccc2)C[C@H]1C(=O)N[C@H](C(=O)N[C@H](C(N)=O)C1CCCCC1)C1CCCCC1)C(C)(C)C. The molecule has 0 aromatic heterocycles. The number of hydrogen-bond donors (Lipinski definition) is 6. The van der Waals surface area contributed by atoms with Crippen LogP contribution in [0.25, 0.3) is 0 Å². The van der Waals surface area contributed by atoms with Gasteiger partial charge in [0.1, 0.15) is 42.1 Å². The van der Waals surface area contributed by atoms with E-state index in [0.717, 1.165) is 75.6 Å². The second kappa shape index (κ2) is 24.4. The van der Waals surface area contributed by atoms with E-state index in [0.29, 0.717) is 18.6 Å². The van der Waals surface area contributed by atoms with Gasteiger partial charge >= 0.3 is 11.9 Å². The minimum Gasteiger partial charge on any atom is -0.488 e. The average molecular weight is 960 g/mol. The zero-order valence-electron chi connectivity index (χ0n) is 39.6. The molecule has 0 bridgehead atoms. The number of carbonyl (C=O) groups excluding carboxylic acids is 7. The number of primary amides is 1. The number of carbonyl (C=O) groups is 8. The van der Waals surface area contributed by atoms with Gasteiger partial charge in [-0.15, -0.1) is 0 Å². The molecule has 1 aliphatic heterocycles. The first-order valence-electron chi connectivity index (χ1n) is 23.6. The largest absolute Gasteiger partial charge is 0.488 e. The molecule has 2 aliphatic carbocycles. The number of rotatable bonds is 20. The van der Waals surface area contributed by atoms with Crippen molar-refractivity contribution in [3.05, 3.63) is 81.9 Å². The minimum atomic E-state index is -1.64. The first-order chi connectivity index (χ1) is 32.8. The number of carboxylic acids is 1. The molecule has 20 nitrogen and oxygen atoms in total. The van der Waals surface area contributed by atoms with Gasteiger partial charge in [0.05, 0.1) is 29.7 Å². The Morgan fingerprint density at radius 3 is 2.03 bits per heavy atom. The van der Waals surface area contributed by atoms with Gasteiger partial charge in [0.25, 0.3) is 11.6 Å². The Kier molecular flexibility index (Phi) is 18.8. The van der Waals surface area contributed by atoms with Crippen LogP contribution in [0.1, 0.15) is 125 Å². The van der Waals surface area contributed by atoms with Crippen molar-refractivity contribution in [2.24, 2.45) is 23.0 Å². The van der Waals surface area contributed by atoms with Crippen LogP contribution in [0, 0.1) is 27.4 Å². The number of amides is 6. The Morgan fingerprint density at radius 2 is 1.46 bits per heavy atom. The molecule has 2 saturated carbocycles. The van der Waals surface area contributed by atoms with Crippen molar-refractivity contribution < 1.29 is 57.9 Å².